The maximum Gasteiger partial charge on any atom is 0.229 e. The number of aromatic nitrogens is 2. The summed E-state index contributed by atoms with van der Waals surface area (Å²) < 4.78 is 0. The predicted molar refractivity (Wildman–Crippen MR) is 162 cm³/mol. The van der Waals surface area contributed by atoms with Gasteiger partial charge in [-0.25, -0.2) is 9.97 Å². The van der Waals surface area contributed by atoms with Gasteiger partial charge in [-0.15, -0.1) is 9.24 Å². The van der Waals surface area contributed by atoms with Gasteiger partial charge in [-0.1, -0.05) is 97.6 Å². The first kappa shape index (κ1) is 25.8. The van der Waals surface area contributed by atoms with E-state index in [0.717, 1.165) is 65.7 Å². The van der Waals surface area contributed by atoms with Crippen LogP contribution in [0.2, 0.25) is 0 Å². The second kappa shape index (κ2) is 12.1. The zero-order valence-electron chi connectivity index (χ0n) is 21.5. The topological polar surface area (TPSA) is 54.9 Å². The fraction of sp³-hybridized carbons (Fsp3) is 0.182. The summed E-state index contributed by atoms with van der Waals surface area (Å²) in [5.74, 6) is 0.519. The second-order valence-corrected chi connectivity index (χ2v) is 10.2. The molecule has 4 nitrogen and oxygen atoms in total. The predicted octanol–water partition coefficient (Wildman–Crippen LogP) is 6.70. The summed E-state index contributed by atoms with van der Waals surface area (Å²) in [5.41, 5.74) is 6.17. The fourth-order valence-electron chi connectivity index (χ4n) is 4.89. The Hall–Kier alpha value is -3.88. The van der Waals surface area contributed by atoms with Crippen LogP contribution in [0.1, 0.15) is 35.4 Å². The average Bonchev–Trinajstić information content (AvgIpc) is 2.92. The Morgan fingerprint density at radius 3 is 2.71 bits per heavy atom. The summed E-state index contributed by atoms with van der Waals surface area (Å²) >= 11 is 0. The average molecular weight is 518 g/mol. The van der Waals surface area contributed by atoms with Crippen molar-refractivity contribution in [3.63, 3.8) is 0 Å². The number of aryl methyl sites for hydroxylation is 3. The molecule has 190 valence electrons. The molecule has 1 N–H and O–H groups in total. The van der Waals surface area contributed by atoms with Crippen molar-refractivity contribution in [3.05, 3.63) is 120 Å². The van der Waals surface area contributed by atoms with E-state index in [0.29, 0.717) is 12.2 Å². The number of fused-ring (bicyclic) bond motifs is 4. The van der Waals surface area contributed by atoms with Crippen molar-refractivity contribution in [3.8, 4) is 11.3 Å². The smallest absolute Gasteiger partial charge is 0.229 e. The minimum atomic E-state index is -0.0749. The van der Waals surface area contributed by atoms with Crippen molar-refractivity contribution in [2.75, 3.05) is 5.32 Å². The Bertz CT molecular complexity index is 1550. The number of rotatable bonds is 9. The van der Waals surface area contributed by atoms with E-state index in [2.05, 4.69) is 69.7 Å². The van der Waals surface area contributed by atoms with E-state index in [1.54, 1.807) is 6.08 Å². The normalized spacial score (nSPS) is 12.6. The number of anilines is 1. The van der Waals surface area contributed by atoms with Gasteiger partial charge in [0.15, 0.2) is 5.82 Å². The first-order valence-electron chi connectivity index (χ1n) is 13.1. The molecular formula is C33H32N3OP. The van der Waals surface area contributed by atoms with Crippen LogP contribution in [0.5, 0.6) is 0 Å². The molecule has 1 heterocycles. The Balaban J connectivity index is 1.38. The molecule has 0 saturated carbocycles. The molecule has 38 heavy (non-hydrogen) atoms. The summed E-state index contributed by atoms with van der Waals surface area (Å²) in [6.07, 6.45) is 14.4. The van der Waals surface area contributed by atoms with Gasteiger partial charge in [0.05, 0.1) is 23.5 Å². The van der Waals surface area contributed by atoms with Gasteiger partial charge in [-0.05, 0) is 59.3 Å². The first-order chi connectivity index (χ1) is 18.6. The number of carbonyl (C=O) groups excluding carboxylic acids is 1. The van der Waals surface area contributed by atoms with Gasteiger partial charge in [0, 0.05) is 5.56 Å². The molecule has 0 saturated heterocycles. The summed E-state index contributed by atoms with van der Waals surface area (Å²) in [6, 6.07) is 20.8. The molecule has 0 radical (unpaired) electrons. The summed E-state index contributed by atoms with van der Waals surface area (Å²) in [5, 5.41) is 6.58. The van der Waals surface area contributed by atoms with E-state index in [-0.39, 0.29) is 5.91 Å². The molecule has 1 amide bonds. The van der Waals surface area contributed by atoms with Crippen molar-refractivity contribution in [1.29, 1.82) is 0 Å². The van der Waals surface area contributed by atoms with E-state index in [1.807, 2.05) is 36.4 Å². The number of benzene rings is 3. The number of hydrogen-bond donors (Lipinski definition) is 1. The van der Waals surface area contributed by atoms with Crippen LogP contribution < -0.4 is 10.6 Å². The number of hydrogen-bond acceptors (Lipinski definition) is 3. The summed E-state index contributed by atoms with van der Waals surface area (Å²) in [6.45, 7) is 3.69. The number of amides is 1. The number of carbonyl (C=O) groups is 1. The van der Waals surface area contributed by atoms with Gasteiger partial charge in [0.2, 0.25) is 5.91 Å². The summed E-state index contributed by atoms with van der Waals surface area (Å²) in [7, 11) is 2.77. The third-order valence-electron chi connectivity index (χ3n) is 6.77. The lowest BCUT2D eigenvalue weighted by molar-refractivity contribution is -0.115. The van der Waals surface area contributed by atoms with E-state index in [1.165, 1.54) is 16.3 Å². The largest absolute Gasteiger partial charge is 0.309 e. The van der Waals surface area contributed by atoms with E-state index in [9.17, 15) is 4.79 Å². The Morgan fingerprint density at radius 2 is 1.84 bits per heavy atom. The van der Waals surface area contributed by atoms with Crippen LogP contribution in [0.15, 0.2) is 97.6 Å². The highest BCUT2D eigenvalue weighted by atomic mass is 31.0. The van der Waals surface area contributed by atoms with Crippen LogP contribution in [0.25, 0.3) is 22.0 Å². The molecule has 0 fully saturated rings. The maximum absolute atomic E-state index is 13.1. The molecule has 0 spiro atoms. The Labute approximate surface area is 226 Å². The van der Waals surface area contributed by atoms with Gasteiger partial charge in [0.1, 0.15) is 0 Å². The number of nitrogens with zero attached hydrogens (tertiary/aromatic N) is 2. The van der Waals surface area contributed by atoms with Gasteiger partial charge in [-0.2, -0.15) is 0 Å². The number of nitrogens with one attached hydrogen (secondary N) is 1. The van der Waals surface area contributed by atoms with Crippen LogP contribution in [-0.4, -0.2) is 15.9 Å². The minimum absolute atomic E-state index is 0.0749. The molecule has 1 atom stereocenters. The minimum Gasteiger partial charge on any atom is -0.309 e. The molecule has 1 aromatic heterocycles. The van der Waals surface area contributed by atoms with Crippen molar-refractivity contribution in [2.24, 2.45) is 0 Å². The van der Waals surface area contributed by atoms with E-state index < -0.39 is 0 Å². The lowest BCUT2D eigenvalue weighted by atomic mass is 9.91. The lowest BCUT2D eigenvalue weighted by Gasteiger charge is -2.21. The van der Waals surface area contributed by atoms with Crippen LogP contribution in [0, 0.1) is 0 Å². The van der Waals surface area contributed by atoms with Gasteiger partial charge < -0.3 is 5.32 Å². The standard InChI is InChI=1S/C33H32N3OP/c1-2-3-4-5-6-7-8-13-30-33(35-29-19-16-26-22-27(38)17-18-28(26)32(29)34-30)36-31(37)21-23-14-15-24-11-9-10-12-25(24)20-23/h2-6,9-12,14-15,17-18,20,22H,1,7-8,13,16,19,21,38H2,(H,35,36,37)/b4-3-,6-5-. The molecule has 4 aromatic rings. The maximum atomic E-state index is 13.1. The van der Waals surface area contributed by atoms with Crippen molar-refractivity contribution >= 4 is 37.0 Å². The molecule has 5 heteroatoms. The van der Waals surface area contributed by atoms with Gasteiger partial charge in [0.25, 0.3) is 0 Å². The van der Waals surface area contributed by atoms with Crippen molar-refractivity contribution < 1.29 is 4.79 Å². The molecule has 1 aliphatic carbocycles. The highest BCUT2D eigenvalue weighted by molar-refractivity contribution is 7.27. The highest BCUT2D eigenvalue weighted by Crippen LogP contribution is 2.33. The zero-order chi connectivity index (χ0) is 26.3. The number of unbranched alkanes of at least 4 members (excludes halogenated alkanes) is 1. The zero-order valence-corrected chi connectivity index (χ0v) is 22.6. The molecule has 1 aliphatic rings. The first-order valence-corrected chi connectivity index (χ1v) is 13.7. The Kier molecular flexibility index (Phi) is 8.21. The van der Waals surface area contributed by atoms with Crippen molar-refractivity contribution in [1.82, 2.24) is 9.97 Å². The fourth-order valence-corrected chi connectivity index (χ4v) is 5.19. The van der Waals surface area contributed by atoms with Crippen LogP contribution in [0.3, 0.4) is 0 Å². The van der Waals surface area contributed by atoms with Gasteiger partial charge >= 0.3 is 0 Å². The van der Waals surface area contributed by atoms with Crippen LogP contribution in [-0.2, 0) is 30.5 Å². The molecular weight excluding hydrogens is 485 g/mol. The Morgan fingerprint density at radius 1 is 0.974 bits per heavy atom. The third-order valence-corrected chi connectivity index (χ3v) is 7.13. The van der Waals surface area contributed by atoms with Crippen LogP contribution in [0.4, 0.5) is 5.82 Å². The SMILES string of the molecule is C=C/C=C\C=C/CCCc1nc2c(nc1NC(=O)Cc1ccc3ccccc3c1)CCc1cc(P)ccc1-2. The van der Waals surface area contributed by atoms with Gasteiger partial charge in [-0.3, -0.25) is 4.79 Å². The highest BCUT2D eigenvalue weighted by Gasteiger charge is 2.22. The summed E-state index contributed by atoms with van der Waals surface area (Å²) in [4.78, 5) is 23.2. The van der Waals surface area contributed by atoms with E-state index in [4.69, 9.17) is 9.97 Å². The number of allylic oxidation sites excluding steroid dienone is 5. The quantitative estimate of drug-likeness (QED) is 0.153. The molecule has 5 rings (SSSR count). The third kappa shape index (κ3) is 6.15. The van der Waals surface area contributed by atoms with Crippen LogP contribution >= 0.6 is 9.24 Å². The van der Waals surface area contributed by atoms with Crippen molar-refractivity contribution in [2.45, 2.75) is 38.5 Å². The van der Waals surface area contributed by atoms with E-state index >= 15 is 0 Å². The monoisotopic (exact) mass is 517 g/mol. The second-order valence-electron chi connectivity index (χ2n) is 9.58. The molecule has 0 aliphatic heterocycles. The molecule has 0 bridgehead atoms. The molecule has 3 aromatic carbocycles. The molecule has 1 unspecified atom stereocenters. The lowest BCUT2D eigenvalue weighted by Crippen LogP contribution is -2.20.